The first-order valence-electron chi connectivity index (χ1n) is 9.30. The van der Waals surface area contributed by atoms with Crippen molar-refractivity contribution in [2.75, 3.05) is 19.3 Å². The molecule has 29 heavy (non-hydrogen) atoms. The van der Waals surface area contributed by atoms with Crippen LogP contribution < -0.4 is 5.73 Å². The molecule has 1 fully saturated rings. The molecular weight excluding hydrogens is 366 g/mol. The number of likely N-dealkylation sites (tertiary alicyclic amines) is 1. The number of aryl methyl sites for hydroxylation is 2. The molecule has 3 heterocycles. The Morgan fingerprint density at radius 2 is 2.00 bits per heavy atom. The zero-order valence-corrected chi connectivity index (χ0v) is 16.5. The third-order valence-corrected chi connectivity index (χ3v) is 5.06. The number of nitrogen functional groups attached to an aromatic ring is 1. The molecule has 1 aliphatic rings. The summed E-state index contributed by atoms with van der Waals surface area (Å²) in [7, 11) is 1.66. The number of pyridine rings is 1. The van der Waals surface area contributed by atoms with Gasteiger partial charge in [0.05, 0.1) is 11.2 Å². The number of nitrogens with two attached hydrogens (primary N) is 1. The van der Waals surface area contributed by atoms with E-state index in [9.17, 15) is 9.90 Å². The van der Waals surface area contributed by atoms with Crippen LogP contribution in [0.3, 0.4) is 0 Å². The molecule has 7 nitrogen and oxygen atoms in total. The first kappa shape index (κ1) is 18.8. The van der Waals surface area contributed by atoms with E-state index in [4.69, 9.17) is 10.7 Å². The summed E-state index contributed by atoms with van der Waals surface area (Å²) in [5.41, 5.74) is 8.94. The van der Waals surface area contributed by atoms with Crippen LogP contribution in [-0.4, -0.2) is 50.1 Å². The van der Waals surface area contributed by atoms with Crippen molar-refractivity contribution in [3.63, 3.8) is 0 Å². The van der Waals surface area contributed by atoms with Gasteiger partial charge < -0.3 is 15.7 Å². The lowest BCUT2D eigenvalue weighted by atomic mass is 10.0. The van der Waals surface area contributed by atoms with Crippen LogP contribution in [-0.2, 0) is 4.79 Å². The first-order valence-corrected chi connectivity index (χ1v) is 9.30. The molecule has 0 spiro atoms. The van der Waals surface area contributed by atoms with Gasteiger partial charge in [-0.25, -0.2) is 15.0 Å². The summed E-state index contributed by atoms with van der Waals surface area (Å²) in [6.45, 7) is 4.25. The summed E-state index contributed by atoms with van der Waals surface area (Å²) in [5, 5.41) is 10.5. The van der Waals surface area contributed by atoms with E-state index < -0.39 is 5.60 Å². The fourth-order valence-corrected chi connectivity index (χ4v) is 3.48. The summed E-state index contributed by atoms with van der Waals surface area (Å²) < 4.78 is 0. The number of hydrogen-bond acceptors (Lipinski definition) is 6. The Morgan fingerprint density at radius 1 is 1.21 bits per heavy atom. The Balaban J connectivity index is 1.74. The molecule has 0 radical (unpaired) electrons. The number of carbonyl (C=O) groups excluding carboxylic acids is 1. The number of likely N-dealkylation sites (N-methyl/N-ethyl adjacent to an activating group) is 1. The van der Waals surface area contributed by atoms with E-state index in [1.54, 1.807) is 14.0 Å². The van der Waals surface area contributed by atoms with E-state index in [0.29, 0.717) is 41.2 Å². The number of anilines is 1. The predicted molar refractivity (Wildman–Crippen MR) is 111 cm³/mol. The maximum Gasteiger partial charge on any atom is 0.267 e. The number of fused-ring (bicyclic) bond motifs is 1. The molecule has 1 atom stereocenters. The van der Waals surface area contributed by atoms with Gasteiger partial charge in [0.2, 0.25) is 5.60 Å². The number of hydrogen-bond donors (Lipinski definition) is 2. The standard InChI is InChI=1S/C22H21N5O2/c1-13-11-17-19(20(23)25-14(2)24-17)26-18(13)16-6-4-5-15(12-16)7-8-22(29)9-10-27(3)21(22)28/h4-6,11-12,29H,9-10H2,1-3H3,(H2,23,24,25)/t22-/m0/s1. The van der Waals surface area contributed by atoms with Gasteiger partial charge in [0, 0.05) is 31.1 Å². The van der Waals surface area contributed by atoms with Crippen molar-refractivity contribution >= 4 is 22.8 Å². The van der Waals surface area contributed by atoms with Crippen molar-refractivity contribution in [3.05, 3.63) is 47.3 Å². The Bertz CT molecular complexity index is 1210. The maximum absolute atomic E-state index is 12.1. The lowest BCUT2D eigenvalue weighted by Crippen LogP contribution is -2.37. The molecule has 1 saturated heterocycles. The molecule has 1 aliphatic heterocycles. The van der Waals surface area contributed by atoms with Crippen molar-refractivity contribution in [2.24, 2.45) is 0 Å². The number of amides is 1. The minimum atomic E-state index is -1.62. The third-order valence-electron chi connectivity index (χ3n) is 5.06. The van der Waals surface area contributed by atoms with Crippen LogP contribution in [0.4, 0.5) is 5.82 Å². The van der Waals surface area contributed by atoms with Crippen LogP contribution in [0.5, 0.6) is 0 Å². The van der Waals surface area contributed by atoms with Gasteiger partial charge >= 0.3 is 0 Å². The van der Waals surface area contributed by atoms with Crippen molar-refractivity contribution < 1.29 is 9.90 Å². The average molecular weight is 387 g/mol. The molecule has 2 aromatic heterocycles. The maximum atomic E-state index is 12.1. The largest absolute Gasteiger partial charge is 0.382 e. The molecular formula is C22H21N5O2. The Hall–Kier alpha value is -3.50. The normalized spacial score (nSPS) is 18.8. The first-order chi connectivity index (χ1) is 13.8. The quantitative estimate of drug-likeness (QED) is 0.617. The molecule has 3 N–H and O–H groups in total. The molecule has 0 unspecified atom stereocenters. The van der Waals surface area contributed by atoms with E-state index >= 15 is 0 Å². The highest BCUT2D eigenvalue weighted by atomic mass is 16.3. The lowest BCUT2D eigenvalue weighted by Gasteiger charge is -2.13. The zero-order valence-electron chi connectivity index (χ0n) is 16.5. The molecule has 146 valence electrons. The molecule has 7 heteroatoms. The number of aliphatic hydroxyl groups is 1. The van der Waals surface area contributed by atoms with E-state index in [2.05, 4.69) is 21.8 Å². The zero-order chi connectivity index (χ0) is 20.8. The topological polar surface area (TPSA) is 105 Å². The van der Waals surface area contributed by atoms with E-state index in [0.717, 1.165) is 16.8 Å². The van der Waals surface area contributed by atoms with Gasteiger partial charge in [0.15, 0.2) is 5.82 Å². The molecule has 1 amide bonds. The molecule has 0 saturated carbocycles. The van der Waals surface area contributed by atoms with Gasteiger partial charge in [-0.05, 0) is 37.6 Å². The Morgan fingerprint density at radius 3 is 2.72 bits per heavy atom. The van der Waals surface area contributed by atoms with Crippen LogP contribution in [0.25, 0.3) is 22.3 Å². The number of nitrogens with zero attached hydrogens (tertiary/aromatic N) is 4. The fourth-order valence-electron chi connectivity index (χ4n) is 3.48. The molecule has 0 aliphatic carbocycles. The van der Waals surface area contributed by atoms with E-state index in [-0.39, 0.29) is 5.91 Å². The van der Waals surface area contributed by atoms with E-state index in [1.807, 2.05) is 37.3 Å². The summed E-state index contributed by atoms with van der Waals surface area (Å²) in [5.74, 6) is 6.27. The van der Waals surface area contributed by atoms with Crippen molar-refractivity contribution in [1.82, 2.24) is 19.9 Å². The summed E-state index contributed by atoms with van der Waals surface area (Å²) >= 11 is 0. The minimum Gasteiger partial charge on any atom is -0.382 e. The van der Waals surface area contributed by atoms with Gasteiger partial charge in [-0.15, -0.1) is 0 Å². The monoisotopic (exact) mass is 387 g/mol. The summed E-state index contributed by atoms with van der Waals surface area (Å²) in [4.78, 5) is 26.9. The second-order valence-corrected chi connectivity index (χ2v) is 7.35. The van der Waals surface area contributed by atoms with Crippen molar-refractivity contribution in [1.29, 1.82) is 0 Å². The molecule has 4 rings (SSSR count). The highest BCUT2D eigenvalue weighted by Crippen LogP contribution is 2.27. The SMILES string of the molecule is Cc1nc(N)c2nc(-c3cccc(C#C[C@]4(O)CCN(C)C4=O)c3)c(C)cc2n1. The molecule has 1 aromatic carbocycles. The van der Waals surface area contributed by atoms with Gasteiger partial charge in [0.1, 0.15) is 11.3 Å². The van der Waals surface area contributed by atoms with Gasteiger partial charge in [-0.1, -0.05) is 24.0 Å². The van der Waals surface area contributed by atoms with Crippen molar-refractivity contribution in [3.8, 4) is 23.1 Å². The fraction of sp³-hybridized carbons (Fsp3) is 0.273. The molecule has 3 aromatic rings. The average Bonchev–Trinajstić information content (AvgIpc) is 2.94. The number of aromatic nitrogens is 3. The van der Waals surface area contributed by atoms with Gasteiger partial charge in [0.25, 0.3) is 5.91 Å². The number of carbonyl (C=O) groups is 1. The minimum absolute atomic E-state index is 0.305. The van der Waals surface area contributed by atoms with Gasteiger partial charge in [-0.3, -0.25) is 4.79 Å². The Labute approximate surface area is 168 Å². The highest BCUT2D eigenvalue weighted by Gasteiger charge is 2.42. The number of benzene rings is 1. The summed E-state index contributed by atoms with van der Waals surface area (Å²) in [6.07, 6.45) is 0.305. The predicted octanol–water partition coefficient (Wildman–Crippen LogP) is 1.84. The van der Waals surface area contributed by atoms with Crippen LogP contribution in [0.15, 0.2) is 30.3 Å². The molecule has 0 bridgehead atoms. The van der Waals surface area contributed by atoms with Crippen LogP contribution in [0.1, 0.15) is 23.4 Å². The van der Waals surface area contributed by atoms with Crippen LogP contribution in [0, 0.1) is 25.7 Å². The summed E-state index contributed by atoms with van der Waals surface area (Å²) in [6, 6.07) is 9.45. The Kier molecular flexibility index (Phi) is 4.44. The van der Waals surface area contributed by atoms with Gasteiger partial charge in [-0.2, -0.15) is 0 Å². The second kappa shape index (κ2) is 6.83. The highest BCUT2D eigenvalue weighted by molar-refractivity contribution is 5.90. The number of rotatable bonds is 1. The van der Waals surface area contributed by atoms with Crippen molar-refractivity contribution in [2.45, 2.75) is 25.9 Å². The van der Waals surface area contributed by atoms with Crippen LogP contribution >= 0.6 is 0 Å². The third kappa shape index (κ3) is 3.39. The van der Waals surface area contributed by atoms with Crippen LogP contribution in [0.2, 0.25) is 0 Å². The second-order valence-electron chi connectivity index (χ2n) is 7.35. The smallest absolute Gasteiger partial charge is 0.267 e. The van der Waals surface area contributed by atoms with E-state index in [1.165, 1.54) is 4.90 Å². The lowest BCUT2D eigenvalue weighted by molar-refractivity contribution is -0.137.